The van der Waals surface area contributed by atoms with Crippen LogP contribution in [0.1, 0.15) is 30.9 Å². The van der Waals surface area contributed by atoms with Gasteiger partial charge in [0.1, 0.15) is 5.75 Å². The molecule has 1 N–H and O–H groups in total. The molecule has 2 aromatic rings. The summed E-state index contributed by atoms with van der Waals surface area (Å²) < 4.78 is 33.0. The Kier molecular flexibility index (Phi) is 4.65. The van der Waals surface area contributed by atoms with Crippen LogP contribution in [0.2, 0.25) is 0 Å². The van der Waals surface area contributed by atoms with Crippen molar-refractivity contribution in [2.75, 3.05) is 13.7 Å². The Labute approximate surface area is 143 Å². The molecule has 0 heterocycles. The van der Waals surface area contributed by atoms with Gasteiger partial charge in [0.05, 0.1) is 12.0 Å². The van der Waals surface area contributed by atoms with Gasteiger partial charge in [-0.3, -0.25) is 0 Å². The number of hydrogen-bond acceptors (Lipinski definition) is 3. The van der Waals surface area contributed by atoms with Gasteiger partial charge in [0, 0.05) is 12.0 Å². The van der Waals surface area contributed by atoms with Crippen LogP contribution in [0.25, 0.3) is 0 Å². The summed E-state index contributed by atoms with van der Waals surface area (Å²) in [6.07, 6.45) is 2.89. The van der Waals surface area contributed by atoms with E-state index in [9.17, 15) is 8.42 Å². The zero-order valence-corrected chi connectivity index (χ0v) is 14.9. The Morgan fingerprint density at radius 3 is 2.17 bits per heavy atom. The standard InChI is InChI=1S/C19H23NO3S/c1-3-15-4-10-18(11-5-15)24(21,22)20-14-19(12-13-19)16-6-8-17(23-2)9-7-16/h4-11,20H,3,12-14H2,1-2H3. The maximum atomic E-state index is 12.5. The number of ether oxygens (including phenoxy) is 1. The molecule has 24 heavy (non-hydrogen) atoms. The van der Waals surface area contributed by atoms with E-state index in [1.165, 1.54) is 0 Å². The fourth-order valence-electron chi connectivity index (χ4n) is 2.88. The van der Waals surface area contributed by atoms with Crippen LogP contribution >= 0.6 is 0 Å². The average Bonchev–Trinajstić information content (AvgIpc) is 3.41. The molecule has 128 valence electrons. The molecular weight excluding hydrogens is 322 g/mol. The smallest absolute Gasteiger partial charge is 0.240 e. The Hall–Kier alpha value is -1.85. The Morgan fingerprint density at radius 1 is 1.04 bits per heavy atom. The van der Waals surface area contributed by atoms with Crippen LogP contribution in [-0.4, -0.2) is 22.1 Å². The van der Waals surface area contributed by atoms with Gasteiger partial charge in [-0.15, -0.1) is 0 Å². The summed E-state index contributed by atoms with van der Waals surface area (Å²) in [7, 11) is -1.84. The van der Waals surface area contributed by atoms with Crippen molar-refractivity contribution in [1.82, 2.24) is 4.72 Å². The minimum Gasteiger partial charge on any atom is -0.497 e. The summed E-state index contributed by atoms with van der Waals surface area (Å²) in [6, 6.07) is 15.0. The first kappa shape index (κ1) is 17.0. The molecule has 1 fully saturated rings. The van der Waals surface area contributed by atoms with Gasteiger partial charge in [0.15, 0.2) is 0 Å². The maximum absolute atomic E-state index is 12.5. The summed E-state index contributed by atoms with van der Waals surface area (Å²) in [5.74, 6) is 0.811. The zero-order valence-electron chi connectivity index (χ0n) is 14.1. The molecule has 1 aliphatic carbocycles. The van der Waals surface area contributed by atoms with Crippen LogP contribution in [0.3, 0.4) is 0 Å². The van der Waals surface area contributed by atoms with Crippen molar-refractivity contribution >= 4 is 10.0 Å². The molecule has 0 aromatic heterocycles. The largest absolute Gasteiger partial charge is 0.497 e. The fourth-order valence-corrected chi connectivity index (χ4v) is 4.01. The molecule has 1 saturated carbocycles. The SMILES string of the molecule is CCc1ccc(S(=O)(=O)NCC2(c3ccc(OC)cc3)CC2)cc1. The van der Waals surface area contributed by atoms with Crippen LogP contribution in [0.5, 0.6) is 5.75 Å². The lowest BCUT2D eigenvalue weighted by Gasteiger charge is -2.17. The lowest BCUT2D eigenvalue weighted by Crippen LogP contribution is -2.32. The highest BCUT2D eigenvalue weighted by atomic mass is 32.2. The van der Waals surface area contributed by atoms with Crippen molar-refractivity contribution in [2.24, 2.45) is 0 Å². The van der Waals surface area contributed by atoms with Crippen LogP contribution in [0, 0.1) is 0 Å². The molecule has 5 heteroatoms. The second-order valence-corrected chi connectivity index (χ2v) is 8.10. The quantitative estimate of drug-likeness (QED) is 0.838. The number of rotatable bonds is 7. The summed E-state index contributed by atoms with van der Waals surface area (Å²) in [4.78, 5) is 0.324. The van der Waals surface area contributed by atoms with Crippen molar-refractivity contribution in [1.29, 1.82) is 0 Å². The molecule has 0 spiro atoms. The monoisotopic (exact) mass is 345 g/mol. The molecule has 0 aliphatic heterocycles. The second-order valence-electron chi connectivity index (χ2n) is 6.33. The van der Waals surface area contributed by atoms with Gasteiger partial charge >= 0.3 is 0 Å². The molecule has 0 bridgehead atoms. The van der Waals surface area contributed by atoms with Crippen LogP contribution < -0.4 is 9.46 Å². The minimum absolute atomic E-state index is 0.0807. The third-order valence-corrected chi connectivity index (χ3v) is 6.22. The molecule has 3 rings (SSSR count). The first-order chi connectivity index (χ1) is 11.5. The van der Waals surface area contributed by atoms with Crippen molar-refractivity contribution < 1.29 is 13.2 Å². The van der Waals surface area contributed by atoms with Crippen molar-refractivity contribution in [3.63, 3.8) is 0 Å². The Balaban J connectivity index is 1.71. The highest BCUT2D eigenvalue weighted by Crippen LogP contribution is 2.48. The van der Waals surface area contributed by atoms with Gasteiger partial charge in [0.25, 0.3) is 0 Å². The first-order valence-electron chi connectivity index (χ1n) is 8.22. The molecule has 0 radical (unpaired) electrons. The molecule has 0 atom stereocenters. The van der Waals surface area contributed by atoms with E-state index in [0.29, 0.717) is 11.4 Å². The van der Waals surface area contributed by atoms with Gasteiger partial charge < -0.3 is 4.74 Å². The first-order valence-corrected chi connectivity index (χ1v) is 9.70. The molecule has 4 nitrogen and oxygen atoms in total. The summed E-state index contributed by atoms with van der Waals surface area (Å²) in [6.45, 7) is 2.48. The van der Waals surface area contributed by atoms with E-state index in [-0.39, 0.29) is 5.41 Å². The molecule has 1 aliphatic rings. The Morgan fingerprint density at radius 2 is 1.67 bits per heavy atom. The summed E-state index contributed by atoms with van der Waals surface area (Å²) >= 11 is 0. The van der Waals surface area contributed by atoms with E-state index < -0.39 is 10.0 Å². The average molecular weight is 345 g/mol. The van der Waals surface area contributed by atoms with Gasteiger partial charge in [0.2, 0.25) is 10.0 Å². The topological polar surface area (TPSA) is 55.4 Å². The lowest BCUT2D eigenvalue weighted by molar-refractivity contribution is 0.414. The van der Waals surface area contributed by atoms with Crippen LogP contribution in [-0.2, 0) is 21.9 Å². The number of aryl methyl sites for hydroxylation is 1. The normalized spacial score (nSPS) is 15.9. The van der Waals surface area contributed by atoms with Crippen molar-refractivity contribution in [3.05, 3.63) is 59.7 Å². The van der Waals surface area contributed by atoms with E-state index in [4.69, 9.17) is 4.74 Å². The van der Waals surface area contributed by atoms with E-state index in [2.05, 4.69) is 4.72 Å². The van der Waals surface area contributed by atoms with E-state index in [1.54, 1.807) is 19.2 Å². The summed E-state index contributed by atoms with van der Waals surface area (Å²) in [5, 5.41) is 0. The van der Waals surface area contributed by atoms with E-state index in [0.717, 1.165) is 36.1 Å². The maximum Gasteiger partial charge on any atom is 0.240 e. The number of hydrogen-bond donors (Lipinski definition) is 1. The lowest BCUT2D eigenvalue weighted by atomic mass is 9.96. The van der Waals surface area contributed by atoms with Gasteiger partial charge in [-0.25, -0.2) is 13.1 Å². The van der Waals surface area contributed by atoms with Crippen molar-refractivity contribution in [3.8, 4) is 5.75 Å². The highest BCUT2D eigenvalue weighted by Gasteiger charge is 2.44. The molecule has 0 unspecified atom stereocenters. The minimum atomic E-state index is -3.47. The fraction of sp³-hybridized carbons (Fsp3) is 0.368. The number of nitrogens with one attached hydrogen (secondary N) is 1. The van der Waals surface area contributed by atoms with Crippen molar-refractivity contribution in [2.45, 2.75) is 36.5 Å². The predicted molar refractivity (Wildman–Crippen MR) is 94.9 cm³/mol. The number of benzene rings is 2. The molecular formula is C19H23NO3S. The predicted octanol–water partition coefficient (Wildman–Crippen LogP) is 3.27. The Bertz CT molecular complexity index is 792. The van der Waals surface area contributed by atoms with Gasteiger partial charge in [-0.2, -0.15) is 0 Å². The van der Waals surface area contributed by atoms with Gasteiger partial charge in [-0.05, 0) is 54.7 Å². The van der Waals surface area contributed by atoms with Crippen LogP contribution in [0.15, 0.2) is 53.4 Å². The number of methoxy groups -OCH3 is 1. The third-order valence-electron chi connectivity index (χ3n) is 4.80. The summed E-state index contributed by atoms with van der Waals surface area (Å²) in [5.41, 5.74) is 2.21. The zero-order chi connectivity index (χ0) is 17.2. The molecule has 0 saturated heterocycles. The molecule has 0 amide bonds. The van der Waals surface area contributed by atoms with Crippen LogP contribution in [0.4, 0.5) is 0 Å². The number of sulfonamides is 1. The molecule has 2 aromatic carbocycles. The van der Waals surface area contributed by atoms with E-state index >= 15 is 0 Å². The van der Waals surface area contributed by atoms with E-state index in [1.807, 2.05) is 43.3 Å². The third kappa shape index (κ3) is 3.47. The second kappa shape index (κ2) is 6.57. The highest BCUT2D eigenvalue weighted by molar-refractivity contribution is 7.89. The van der Waals surface area contributed by atoms with Gasteiger partial charge in [-0.1, -0.05) is 31.2 Å².